The number of nitrogens with zero attached hydrogens (tertiary/aromatic N) is 1. The van der Waals surface area contributed by atoms with Crippen LogP contribution in [0.25, 0.3) is 0 Å². The zero-order valence-electron chi connectivity index (χ0n) is 9.01. The number of benzene rings is 1. The van der Waals surface area contributed by atoms with Crippen LogP contribution in [0.4, 0.5) is 0 Å². The molecule has 1 saturated heterocycles. The predicted octanol–water partition coefficient (Wildman–Crippen LogP) is 1.56. The first-order chi connectivity index (χ1) is 7.61. The number of likely N-dealkylation sites (tertiary alicyclic amines) is 1. The molecule has 1 aliphatic rings. The number of amides is 1. The van der Waals surface area contributed by atoms with Crippen molar-refractivity contribution in [3.63, 3.8) is 0 Å². The maximum absolute atomic E-state index is 11.6. The molecule has 1 unspecified atom stereocenters. The van der Waals surface area contributed by atoms with E-state index < -0.39 is 11.5 Å². The lowest BCUT2D eigenvalue weighted by atomic mass is 9.93. The Bertz CT molecular complexity index is 380. The van der Waals surface area contributed by atoms with Gasteiger partial charge in [0.2, 0.25) is 5.91 Å². The van der Waals surface area contributed by atoms with Crippen molar-refractivity contribution in [1.82, 2.24) is 4.90 Å². The lowest BCUT2D eigenvalue weighted by Gasteiger charge is -2.45. The molecule has 1 aromatic rings. The molecular formula is C12H14ClNO2. The average Bonchev–Trinajstić information content (AvgIpc) is 2.29. The number of halogens is 1. The number of carbonyl (C=O) groups is 1. The fourth-order valence-electron chi connectivity index (χ4n) is 1.99. The highest BCUT2D eigenvalue weighted by molar-refractivity contribution is 6.33. The van der Waals surface area contributed by atoms with Crippen molar-refractivity contribution in [3.05, 3.63) is 35.9 Å². The van der Waals surface area contributed by atoms with Crippen LogP contribution in [0.1, 0.15) is 18.5 Å². The van der Waals surface area contributed by atoms with Crippen LogP contribution in [0, 0.1) is 0 Å². The summed E-state index contributed by atoms with van der Waals surface area (Å²) in [6.07, 6.45) is -0.528. The molecule has 1 heterocycles. The summed E-state index contributed by atoms with van der Waals surface area (Å²) in [7, 11) is 0. The summed E-state index contributed by atoms with van der Waals surface area (Å²) in [5.74, 6) is -0.101. The van der Waals surface area contributed by atoms with Gasteiger partial charge < -0.3 is 10.0 Å². The number of β-lactam (4-membered cyclic amide) rings is 1. The summed E-state index contributed by atoms with van der Waals surface area (Å²) in [6, 6.07) is 9.55. The average molecular weight is 240 g/mol. The van der Waals surface area contributed by atoms with Gasteiger partial charge in [-0.3, -0.25) is 4.79 Å². The van der Waals surface area contributed by atoms with Crippen LogP contribution in [0.5, 0.6) is 0 Å². The maximum atomic E-state index is 11.6. The van der Waals surface area contributed by atoms with E-state index in [-0.39, 0.29) is 11.9 Å². The number of hydrogen-bond acceptors (Lipinski definition) is 2. The van der Waals surface area contributed by atoms with E-state index in [1.54, 1.807) is 11.8 Å². The van der Waals surface area contributed by atoms with Crippen molar-refractivity contribution in [2.45, 2.75) is 24.4 Å². The highest BCUT2D eigenvalue weighted by atomic mass is 35.5. The van der Waals surface area contributed by atoms with E-state index in [4.69, 9.17) is 11.6 Å². The monoisotopic (exact) mass is 239 g/mol. The molecule has 1 amide bonds. The zero-order valence-corrected chi connectivity index (χ0v) is 9.76. The number of alkyl halides is 1. The summed E-state index contributed by atoms with van der Waals surface area (Å²) in [5.41, 5.74) is 1.02. The molecule has 1 N–H and O–H groups in total. The van der Waals surface area contributed by atoms with Crippen molar-refractivity contribution < 1.29 is 9.90 Å². The number of β-amino-alcohol motifs (C(OH)–C–C–N with tert-alkyl or cyclic N) is 1. The van der Waals surface area contributed by atoms with Gasteiger partial charge >= 0.3 is 0 Å². The van der Waals surface area contributed by atoms with Gasteiger partial charge in [-0.05, 0) is 12.5 Å². The Balaban J connectivity index is 2.17. The van der Waals surface area contributed by atoms with E-state index in [2.05, 4.69) is 0 Å². The van der Waals surface area contributed by atoms with E-state index in [1.807, 2.05) is 30.3 Å². The number of aliphatic hydroxyl groups is 1. The van der Waals surface area contributed by atoms with Crippen LogP contribution in [0.2, 0.25) is 0 Å². The molecular weight excluding hydrogens is 226 g/mol. The Morgan fingerprint density at radius 2 is 2.06 bits per heavy atom. The van der Waals surface area contributed by atoms with Gasteiger partial charge in [-0.15, -0.1) is 11.6 Å². The van der Waals surface area contributed by atoms with Gasteiger partial charge in [0.25, 0.3) is 0 Å². The molecule has 0 aromatic heterocycles. The first-order valence-electron chi connectivity index (χ1n) is 5.29. The van der Waals surface area contributed by atoms with E-state index >= 15 is 0 Å². The Labute approximate surface area is 99.6 Å². The molecule has 0 bridgehead atoms. The van der Waals surface area contributed by atoms with Gasteiger partial charge in [0.15, 0.2) is 0 Å². The van der Waals surface area contributed by atoms with Crippen molar-refractivity contribution >= 4 is 17.5 Å². The lowest BCUT2D eigenvalue weighted by Crippen LogP contribution is -2.57. The van der Waals surface area contributed by atoms with Crippen LogP contribution >= 0.6 is 11.6 Å². The second kappa shape index (κ2) is 4.44. The van der Waals surface area contributed by atoms with Crippen molar-refractivity contribution in [2.75, 3.05) is 6.54 Å². The predicted molar refractivity (Wildman–Crippen MR) is 62.2 cm³/mol. The minimum absolute atomic E-state index is 0.101. The number of carbonyl (C=O) groups excluding carboxylic acids is 1. The lowest BCUT2D eigenvalue weighted by molar-refractivity contribution is -0.147. The summed E-state index contributed by atoms with van der Waals surface area (Å²) < 4.78 is 0. The minimum atomic E-state index is -0.528. The van der Waals surface area contributed by atoms with Crippen LogP contribution in [0.3, 0.4) is 0 Å². The molecule has 1 fully saturated rings. The van der Waals surface area contributed by atoms with Crippen LogP contribution in [-0.4, -0.2) is 33.9 Å². The molecule has 0 aliphatic carbocycles. The molecule has 2 rings (SSSR count). The van der Waals surface area contributed by atoms with Gasteiger partial charge in [-0.1, -0.05) is 30.3 Å². The molecule has 4 heteroatoms. The highest BCUT2D eigenvalue weighted by Crippen LogP contribution is 2.38. The highest BCUT2D eigenvalue weighted by Gasteiger charge is 2.46. The summed E-state index contributed by atoms with van der Waals surface area (Å²) >= 11 is 6.01. The van der Waals surface area contributed by atoms with E-state index in [0.29, 0.717) is 6.54 Å². The second-order valence-electron chi connectivity index (χ2n) is 4.10. The van der Waals surface area contributed by atoms with E-state index in [0.717, 1.165) is 5.56 Å². The first-order valence-corrected chi connectivity index (χ1v) is 5.72. The van der Waals surface area contributed by atoms with Crippen molar-refractivity contribution in [2.24, 2.45) is 0 Å². The molecule has 0 radical (unpaired) electrons. The topological polar surface area (TPSA) is 40.5 Å². The number of rotatable bonds is 3. The van der Waals surface area contributed by atoms with Crippen LogP contribution in [0.15, 0.2) is 30.3 Å². The van der Waals surface area contributed by atoms with Gasteiger partial charge in [-0.25, -0.2) is 0 Å². The van der Waals surface area contributed by atoms with E-state index in [1.165, 1.54) is 0 Å². The quantitative estimate of drug-likeness (QED) is 0.642. The molecule has 3 atom stereocenters. The third kappa shape index (κ3) is 1.93. The maximum Gasteiger partial charge on any atom is 0.243 e. The SMILES string of the molecule is CC(O)CN1C(=O)[C@@H](Cl)[C@H]1c1ccccc1. The minimum Gasteiger partial charge on any atom is -0.392 e. The molecule has 1 aliphatic heterocycles. The smallest absolute Gasteiger partial charge is 0.243 e. The Morgan fingerprint density at radius 1 is 1.44 bits per heavy atom. The molecule has 3 nitrogen and oxygen atoms in total. The standard InChI is InChI=1S/C12H14ClNO2/c1-8(15)7-14-11(10(13)12(14)16)9-5-3-2-4-6-9/h2-6,8,10-11,15H,7H2,1H3/t8?,10-,11+/m0/s1. The molecule has 86 valence electrons. The van der Waals surface area contributed by atoms with Crippen molar-refractivity contribution in [3.8, 4) is 0 Å². The zero-order chi connectivity index (χ0) is 11.7. The third-order valence-electron chi connectivity index (χ3n) is 2.73. The number of hydrogen-bond donors (Lipinski definition) is 1. The summed E-state index contributed by atoms with van der Waals surface area (Å²) in [4.78, 5) is 13.2. The fourth-order valence-corrected chi connectivity index (χ4v) is 2.40. The van der Waals surface area contributed by atoms with Crippen LogP contribution in [-0.2, 0) is 4.79 Å². The van der Waals surface area contributed by atoms with Crippen LogP contribution < -0.4 is 0 Å². The number of aliphatic hydroxyl groups excluding tert-OH is 1. The molecule has 0 saturated carbocycles. The summed E-state index contributed by atoms with van der Waals surface area (Å²) in [5, 5.41) is 8.82. The van der Waals surface area contributed by atoms with Gasteiger partial charge in [-0.2, -0.15) is 0 Å². The Kier molecular flexibility index (Phi) is 3.17. The Morgan fingerprint density at radius 3 is 2.62 bits per heavy atom. The Hall–Kier alpha value is -1.06. The molecule has 16 heavy (non-hydrogen) atoms. The fraction of sp³-hybridized carbons (Fsp3) is 0.417. The largest absolute Gasteiger partial charge is 0.392 e. The van der Waals surface area contributed by atoms with Gasteiger partial charge in [0.1, 0.15) is 5.38 Å². The molecule has 1 aromatic carbocycles. The second-order valence-corrected chi connectivity index (χ2v) is 4.57. The third-order valence-corrected chi connectivity index (χ3v) is 3.16. The molecule has 0 spiro atoms. The van der Waals surface area contributed by atoms with Gasteiger partial charge in [0, 0.05) is 6.54 Å². The first kappa shape index (κ1) is 11.4. The van der Waals surface area contributed by atoms with Gasteiger partial charge in [0.05, 0.1) is 12.1 Å². The van der Waals surface area contributed by atoms with E-state index in [9.17, 15) is 9.90 Å². The normalized spacial score (nSPS) is 26.4. The van der Waals surface area contributed by atoms with Crippen molar-refractivity contribution in [1.29, 1.82) is 0 Å². The summed E-state index contributed by atoms with van der Waals surface area (Å²) in [6.45, 7) is 2.00.